The summed E-state index contributed by atoms with van der Waals surface area (Å²) in [7, 11) is 5.47. The number of rotatable bonds is 11. The summed E-state index contributed by atoms with van der Waals surface area (Å²) in [6.45, 7) is 4.93. The number of fused-ring (bicyclic) bond motifs is 1. The number of amides is 1. The highest BCUT2D eigenvalue weighted by Crippen LogP contribution is 2.30. The Bertz CT molecular complexity index is 1160. The van der Waals surface area contributed by atoms with Gasteiger partial charge < -0.3 is 31.7 Å². The number of methoxy groups -OCH3 is 1. The Labute approximate surface area is 198 Å². The molecule has 3 aromatic rings. The quantitative estimate of drug-likeness (QED) is 0.334. The lowest BCUT2D eigenvalue weighted by Crippen LogP contribution is -2.38. The Morgan fingerprint density at radius 1 is 1.29 bits per heavy atom. The van der Waals surface area contributed by atoms with Crippen LogP contribution in [-0.4, -0.2) is 60.6 Å². The average molecular weight is 473 g/mol. The van der Waals surface area contributed by atoms with E-state index in [0.717, 1.165) is 22.8 Å². The van der Waals surface area contributed by atoms with Gasteiger partial charge in [0.25, 0.3) is 5.91 Å². The number of pyridine rings is 1. The normalized spacial score (nSPS) is 13.0. The lowest BCUT2D eigenvalue weighted by Gasteiger charge is -2.21. The molecule has 11 heteroatoms. The number of nitrogens with two attached hydrogens (primary N) is 2. The van der Waals surface area contributed by atoms with Crippen molar-refractivity contribution in [2.75, 3.05) is 43.3 Å². The highest BCUT2D eigenvalue weighted by Gasteiger charge is 2.20. The molecule has 1 aromatic carbocycles. The lowest BCUT2D eigenvalue weighted by molar-refractivity contribution is 0.100. The minimum absolute atomic E-state index is 0.00801. The van der Waals surface area contributed by atoms with Crippen molar-refractivity contribution >= 4 is 40.0 Å². The molecule has 6 N–H and O–H groups in total. The number of halogens is 1. The van der Waals surface area contributed by atoms with Crippen molar-refractivity contribution in [2.45, 2.75) is 38.9 Å². The van der Waals surface area contributed by atoms with E-state index < -0.39 is 11.7 Å². The minimum atomic E-state index is -0.791. The molecule has 10 nitrogen and oxygen atoms in total. The average Bonchev–Trinajstić information content (AvgIpc) is 3.16. The van der Waals surface area contributed by atoms with Crippen LogP contribution in [0.2, 0.25) is 0 Å². The fourth-order valence-electron chi connectivity index (χ4n) is 3.60. The van der Waals surface area contributed by atoms with Crippen molar-refractivity contribution in [1.29, 1.82) is 0 Å². The smallest absolute Gasteiger partial charge is 0.252 e. The van der Waals surface area contributed by atoms with Crippen molar-refractivity contribution in [2.24, 2.45) is 11.5 Å². The van der Waals surface area contributed by atoms with Crippen LogP contribution in [0.5, 0.6) is 0 Å². The van der Waals surface area contributed by atoms with Gasteiger partial charge in [0, 0.05) is 44.4 Å². The number of benzene rings is 1. The molecule has 0 fully saturated rings. The third-order valence-corrected chi connectivity index (χ3v) is 5.64. The molecule has 2 heterocycles. The zero-order chi connectivity index (χ0) is 25.0. The molecule has 0 saturated heterocycles. The van der Waals surface area contributed by atoms with E-state index >= 15 is 0 Å². The number of primary amides is 1. The molecule has 0 aliphatic rings. The second-order valence-corrected chi connectivity index (χ2v) is 8.38. The van der Waals surface area contributed by atoms with Crippen LogP contribution in [0.25, 0.3) is 10.9 Å². The number of hydrogen-bond donors (Lipinski definition) is 4. The zero-order valence-corrected chi connectivity index (χ0v) is 20.2. The van der Waals surface area contributed by atoms with Gasteiger partial charge in [0.1, 0.15) is 5.82 Å². The predicted octanol–water partition coefficient (Wildman–Crippen LogP) is 2.66. The number of nitrogens with zero attached hydrogens (tertiary/aromatic N) is 4. The fraction of sp³-hybridized carbons (Fsp3) is 0.435. The molecular formula is C23H33FN8O2. The number of carbonyl (C=O) groups is 1. The molecule has 2 atom stereocenters. The van der Waals surface area contributed by atoms with Crippen molar-refractivity contribution < 1.29 is 13.9 Å². The molecule has 0 radical (unpaired) electrons. The van der Waals surface area contributed by atoms with Gasteiger partial charge in [-0.05, 0) is 37.6 Å². The SMILES string of the molecule is CC[C@H](N)[C@@H](C)Nc1nc(Nc2ccc3c(c2)c(N(C)C)nn3CCOC)c(C(N)=O)cc1F. The first-order chi connectivity index (χ1) is 16.2. The summed E-state index contributed by atoms with van der Waals surface area (Å²) in [4.78, 5) is 18.3. The molecule has 0 aliphatic carbocycles. The molecule has 184 valence electrons. The maximum atomic E-state index is 14.7. The Kier molecular flexibility index (Phi) is 7.90. The van der Waals surface area contributed by atoms with Crippen molar-refractivity contribution in [3.8, 4) is 0 Å². The van der Waals surface area contributed by atoms with E-state index in [-0.39, 0.29) is 29.3 Å². The topological polar surface area (TPSA) is 136 Å². The molecule has 2 aromatic heterocycles. The standard InChI is InChI=1S/C23H33FN8O2/c1-6-18(25)13(2)27-22-17(24)12-16(20(26)33)21(29-22)28-14-7-8-19-15(11-14)23(31(3)4)30-32(19)9-10-34-5/h7-8,11-13,18H,6,9-10,25H2,1-5H3,(H2,26,33)(H2,27,28,29)/t13-,18+/m1/s1. The van der Waals surface area contributed by atoms with E-state index in [9.17, 15) is 9.18 Å². The molecule has 3 rings (SSSR count). The third kappa shape index (κ3) is 5.37. The van der Waals surface area contributed by atoms with Crippen molar-refractivity contribution in [3.05, 3.63) is 35.6 Å². The molecular weight excluding hydrogens is 439 g/mol. The summed E-state index contributed by atoms with van der Waals surface area (Å²) in [6.07, 6.45) is 0.715. The Morgan fingerprint density at radius 3 is 2.65 bits per heavy atom. The van der Waals surface area contributed by atoms with Gasteiger partial charge in [-0.1, -0.05) is 6.92 Å². The molecule has 1 amide bonds. The Hall–Kier alpha value is -3.44. The Balaban J connectivity index is 2.01. The van der Waals surface area contributed by atoms with E-state index in [0.29, 0.717) is 25.3 Å². The van der Waals surface area contributed by atoms with Crippen LogP contribution in [0, 0.1) is 5.82 Å². The highest BCUT2D eigenvalue weighted by molar-refractivity contribution is 5.99. The third-order valence-electron chi connectivity index (χ3n) is 5.64. The van der Waals surface area contributed by atoms with Crippen LogP contribution >= 0.6 is 0 Å². The van der Waals surface area contributed by atoms with Gasteiger partial charge in [0.05, 0.1) is 24.2 Å². The van der Waals surface area contributed by atoms with Gasteiger partial charge >= 0.3 is 0 Å². The fourth-order valence-corrected chi connectivity index (χ4v) is 3.60. The largest absolute Gasteiger partial charge is 0.383 e. The van der Waals surface area contributed by atoms with E-state index in [1.807, 2.05) is 55.7 Å². The molecule has 0 bridgehead atoms. The van der Waals surface area contributed by atoms with Crippen molar-refractivity contribution in [1.82, 2.24) is 14.8 Å². The predicted molar refractivity (Wildman–Crippen MR) is 133 cm³/mol. The second-order valence-electron chi connectivity index (χ2n) is 8.38. The first kappa shape index (κ1) is 25.2. The van der Waals surface area contributed by atoms with Gasteiger partial charge in [-0.3, -0.25) is 9.48 Å². The van der Waals surface area contributed by atoms with Gasteiger partial charge in [-0.25, -0.2) is 9.37 Å². The van der Waals surface area contributed by atoms with Crippen LogP contribution < -0.4 is 27.0 Å². The number of nitrogens with one attached hydrogen (secondary N) is 2. The maximum Gasteiger partial charge on any atom is 0.252 e. The molecule has 0 unspecified atom stereocenters. The lowest BCUT2D eigenvalue weighted by atomic mass is 10.1. The number of hydrogen-bond acceptors (Lipinski definition) is 8. The number of aromatic nitrogens is 3. The summed E-state index contributed by atoms with van der Waals surface area (Å²) < 4.78 is 21.8. The van der Waals surface area contributed by atoms with Gasteiger partial charge in [0.15, 0.2) is 17.5 Å². The monoisotopic (exact) mass is 472 g/mol. The summed E-state index contributed by atoms with van der Waals surface area (Å²) in [6, 6.07) is 6.33. The number of carbonyl (C=O) groups excluding carboxylic acids is 1. The van der Waals surface area contributed by atoms with Crippen LogP contribution in [0.15, 0.2) is 24.3 Å². The number of anilines is 4. The second kappa shape index (κ2) is 10.7. The summed E-state index contributed by atoms with van der Waals surface area (Å²) >= 11 is 0. The zero-order valence-electron chi connectivity index (χ0n) is 20.2. The van der Waals surface area contributed by atoms with E-state index in [2.05, 4.69) is 20.7 Å². The van der Waals surface area contributed by atoms with E-state index in [1.165, 1.54) is 0 Å². The van der Waals surface area contributed by atoms with E-state index in [4.69, 9.17) is 16.2 Å². The molecule has 0 spiro atoms. The van der Waals surface area contributed by atoms with Crippen LogP contribution in [-0.2, 0) is 11.3 Å². The summed E-state index contributed by atoms with van der Waals surface area (Å²) in [5.41, 5.74) is 13.1. The van der Waals surface area contributed by atoms with Crippen LogP contribution in [0.3, 0.4) is 0 Å². The first-order valence-electron chi connectivity index (χ1n) is 11.1. The van der Waals surface area contributed by atoms with Gasteiger partial charge in [-0.2, -0.15) is 5.10 Å². The van der Waals surface area contributed by atoms with Crippen molar-refractivity contribution in [3.63, 3.8) is 0 Å². The van der Waals surface area contributed by atoms with Gasteiger partial charge in [-0.15, -0.1) is 0 Å². The van der Waals surface area contributed by atoms with E-state index in [1.54, 1.807) is 7.11 Å². The molecule has 0 aliphatic heterocycles. The van der Waals surface area contributed by atoms with Gasteiger partial charge in [0.2, 0.25) is 0 Å². The summed E-state index contributed by atoms with van der Waals surface area (Å²) in [5, 5.41) is 11.7. The number of ether oxygens (including phenoxy) is 1. The maximum absolute atomic E-state index is 14.7. The molecule has 0 saturated carbocycles. The minimum Gasteiger partial charge on any atom is -0.383 e. The van der Waals surface area contributed by atoms with Crippen LogP contribution in [0.4, 0.5) is 27.5 Å². The highest BCUT2D eigenvalue weighted by atomic mass is 19.1. The Morgan fingerprint density at radius 2 is 2.03 bits per heavy atom. The molecule has 34 heavy (non-hydrogen) atoms. The summed E-state index contributed by atoms with van der Waals surface area (Å²) in [5.74, 6) is -0.556. The van der Waals surface area contributed by atoms with Crippen LogP contribution in [0.1, 0.15) is 30.6 Å². The first-order valence-corrected chi connectivity index (χ1v) is 11.1.